The van der Waals surface area contributed by atoms with Gasteiger partial charge in [0.25, 0.3) is 5.91 Å². The SMILES string of the molecule is O=C1NC(=O)[C@@](Cn2cc3ccc(F)cc3c2O)(c2ccc(-c3ccc(-c4ccccn4)s3)cc2)N1. The van der Waals surface area contributed by atoms with E-state index in [1.165, 1.54) is 16.7 Å². The van der Waals surface area contributed by atoms with Crippen LogP contribution in [0.15, 0.2) is 85.2 Å². The van der Waals surface area contributed by atoms with Crippen molar-refractivity contribution in [2.45, 2.75) is 12.1 Å². The summed E-state index contributed by atoms with van der Waals surface area (Å²) in [6.07, 6.45) is 3.38. The largest absolute Gasteiger partial charge is 0.494 e. The number of pyridine rings is 1. The second kappa shape index (κ2) is 8.31. The van der Waals surface area contributed by atoms with E-state index in [1.54, 1.807) is 41.9 Å². The van der Waals surface area contributed by atoms with Crippen LogP contribution in [0.25, 0.3) is 31.8 Å². The maximum atomic E-state index is 13.7. The summed E-state index contributed by atoms with van der Waals surface area (Å²) in [4.78, 5) is 31.7. The molecule has 0 radical (unpaired) electrons. The Morgan fingerprint density at radius 1 is 1.00 bits per heavy atom. The summed E-state index contributed by atoms with van der Waals surface area (Å²) >= 11 is 1.61. The first-order valence-electron chi connectivity index (χ1n) is 11.2. The van der Waals surface area contributed by atoms with Crippen LogP contribution < -0.4 is 10.6 Å². The summed E-state index contributed by atoms with van der Waals surface area (Å²) in [7, 11) is 0. The van der Waals surface area contributed by atoms with Crippen LogP contribution in [0.3, 0.4) is 0 Å². The van der Waals surface area contributed by atoms with Crippen molar-refractivity contribution in [1.29, 1.82) is 0 Å². The number of aromatic hydroxyl groups is 1. The zero-order valence-electron chi connectivity index (χ0n) is 18.7. The average molecular weight is 499 g/mol. The van der Waals surface area contributed by atoms with Gasteiger partial charge in [0, 0.05) is 28.0 Å². The molecule has 36 heavy (non-hydrogen) atoms. The first-order valence-corrected chi connectivity index (χ1v) is 12.0. The van der Waals surface area contributed by atoms with E-state index in [9.17, 15) is 19.1 Å². The van der Waals surface area contributed by atoms with Crippen LogP contribution in [0.1, 0.15) is 5.56 Å². The van der Waals surface area contributed by atoms with Gasteiger partial charge in [0.05, 0.1) is 17.1 Å². The molecule has 4 heterocycles. The number of urea groups is 1. The molecule has 1 aliphatic rings. The van der Waals surface area contributed by atoms with Crippen LogP contribution in [0, 0.1) is 5.82 Å². The summed E-state index contributed by atoms with van der Waals surface area (Å²) in [5, 5.41) is 16.7. The molecule has 0 aliphatic carbocycles. The van der Waals surface area contributed by atoms with Crippen molar-refractivity contribution in [3.05, 3.63) is 96.6 Å². The number of fused-ring (bicyclic) bond motifs is 1. The van der Waals surface area contributed by atoms with Crippen LogP contribution >= 0.6 is 11.3 Å². The van der Waals surface area contributed by atoms with E-state index in [1.807, 2.05) is 42.5 Å². The average Bonchev–Trinajstić information content (AvgIpc) is 3.57. The Labute approximate surface area is 208 Å². The van der Waals surface area contributed by atoms with Gasteiger partial charge in [0.15, 0.2) is 11.4 Å². The quantitative estimate of drug-likeness (QED) is 0.297. The predicted molar refractivity (Wildman–Crippen MR) is 135 cm³/mol. The van der Waals surface area contributed by atoms with Crippen molar-refractivity contribution >= 4 is 34.0 Å². The van der Waals surface area contributed by atoms with Gasteiger partial charge < -0.3 is 15.0 Å². The fourth-order valence-electron chi connectivity index (χ4n) is 4.55. The molecule has 9 heteroatoms. The van der Waals surface area contributed by atoms with Gasteiger partial charge in [-0.1, -0.05) is 30.3 Å². The minimum Gasteiger partial charge on any atom is -0.494 e. The molecule has 1 saturated heterocycles. The molecule has 1 aliphatic heterocycles. The van der Waals surface area contributed by atoms with Gasteiger partial charge in [-0.25, -0.2) is 9.18 Å². The molecule has 0 spiro atoms. The molecule has 5 aromatic rings. The van der Waals surface area contributed by atoms with E-state index in [0.717, 1.165) is 21.0 Å². The summed E-state index contributed by atoms with van der Waals surface area (Å²) in [5.41, 5.74) is 0.957. The molecule has 3 N–H and O–H groups in total. The third kappa shape index (κ3) is 3.61. The van der Waals surface area contributed by atoms with Gasteiger partial charge >= 0.3 is 6.03 Å². The molecular weight excluding hydrogens is 479 g/mol. The zero-order chi connectivity index (χ0) is 24.9. The maximum absolute atomic E-state index is 13.7. The zero-order valence-corrected chi connectivity index (χ0v) is 19.6. The van der Waals surface area contributed by atoms with Crippen LogP contribution in [0.5, 0.6) is 5.88 Å². The first-order chi connectivity index (χ1) is 17.4. The third-order valence-corrected chi connectivity index (χ3v) is 7.51. The number of hydrogen-bond donors (Lipinski definition) is 3. The Morgan fingerprint density at radius 3 is 2.53 bits per heavy atom. The lowest BCUT2D eigenvalue weighted by Gasteiger charge is -2.27. The van der Waals surface area contributed by atoms with Crippen LogP contribution in [-0.2, 0) is 16.9 Å². The highest BCUT2D eigenvalue weighted by Gasteiger charge is 2.48. The standard InChI is InChI=1S/C27H19FN4O3S/c28-19-9-6-17-14-32(24(33)20(17)13-19)15-27(25(34)30-26(35)31-27)18-7-4-16(5-8-18)22-10-11-23(36-22)21-3-1-2-12-29-21/h1-14,33H,15H2,(H2,30,31,34,35)/t27-/m1/s1. The molecule has 178 valence electrons. The number of carbonyl (C=O) groups is 2. The van der Waals surface area contributed by atoms with Gasteiger partial charge in [-0.15, -0.1) is 11.3 Å². The van der Waals surface area contributed by atoms with Crippen molar-refractivity contribution in [2.75, 3.05) is 0 Å². The molecule has 7 nitrogen and oxygen atoms in total. The van der Waals surface area contributed by atoms with E-state index >= 15 is 0 Å². The molecular formula is C27H19FN4O3S. The van der Waals surface area contributed by atoms with Crippen LogP contribution in [-0.4, -0.2) is 26.6 Å². The molecule has 1 atom stereocenters. The van der Waals surface area contributed by atoms with Crippen molar-refractivity contribution in [2.24, 2.45) is 0 Å². The second-order valence-electron chi connectivity index (χ2n) is 8.58. The van der Waals surface area contributed by atoms with E-state index in [0.29, 0.717) is 16.3 Å². The van der Waals surface area contributed by atoms with Crippen LogP contribution in [0.4, 0.5) is 9.18 Å². The number of nitrogens with zero attached hydrogens (tertiary/aromatic N) is 2. The van der Waals surface area contributed by atoms with Crippen molar-refractivity contribution < 1.29 is 19.1 Å². The maximum Gasteiger partial charge on any atom is 0.322 e. The smallest absolute Gasteiger partial charge is 0.322 e. The number of thiophene rings is 1. The summed E-state index contributed by atoms with van der Waals surface area (Å²) in [6.45, 7) is -0.0745. The van der Waals surface area contributed by atoms with E-state index in [-0.39, 0.29) is 12.4 Å². The van der Waals surface area contributed by atoms with E-state index in [4.69, 9.17) is 0 Å². The minimum absolute atomic E-state index is 0.0745. The summed E-state index contributed by atoms with van der Waals surface area (Å²) in [5.74, 6) is -1.19. The number of rotatable bonds is 5. The number of benzene rings is 2. The van der Waals surface area contributed by atoms with Gasteiger partial charge in [-0.05, 0) is 53.6 Å². The lowest BCUT2D eigenvalue weighted by Crippen LogP contribution is -2.47. The number of nitrogens with one attached hydrogen (secondary N) is 2. The van der Waals surface area contributed by atoms with Gasteiger partial charge in [0.2, 0.25) is 0 Å². The fraction of sp³-hybridized carbons (Fsp3) is 0.0741. The van der Waals surface area contributed by atoms with Gasteiger partial charge in [-0.2, -0.15) is 0 Å². The number of amides is 3. The topological polar surface area (TPSA) is 96.2 Å². The number of aromatic nitrogens is 2. The second-order valence-corrected chi connectivity index (χ2v) is 9.67. The van der Waals surface area contributed by atoms with E-state index < -0.39 is 23.3 Å². The van der Waals surface area contributed by atoms with Crippen molar-refractivity contribution in [1.82, 2.24) is 20.2 Å². The number of halogens is 1. The molecule has 0 bridgehead atoms. The molecule has 6 rings (SSSR count). The summed E-state index contributed by atoms with van der Waals surface area (Å²) < 4.78 is 15.2. The number of imide groups is 1. The minimum atomic E-state index is -1.45. The highest BCUT2D eigenvalue weighted by Crippen LogP contribution is 2.37. The first kappa shape index (κ1) is 22.0. The predicted octanol–water partition coefficient (Wildman–Crippen LogP) is 5.01. The lowest BCUT2D eigenvalue weighted by molar-refractivity contribution is -0.124. The number of carbonyl (C=O) groups excluding carboxylic acids is 2. The molecule has 2 aromatic carbocycles. The normalized spacial score (nSPS) is 17.4. The highest BCUT2D eigenvalue weighted by molar-refractivity contribution is 7.18. The van der Waals surface area contributed by atoms with Crippen molar-refractivity contribution in [3.63, 3.8) is 0 Å². The van der Waals surface area contributed by atoms with E-state index in [2.05, 4.69) is 15.6 Å². The molecule has 3 amide bonds. The Bertz CT molecular complexity index is 1630. The molecule has 3 aromatic heterocycles. The van der Waals surface area contributed by atoms with Gasteiger partial charge in [-0.3, -0.25) is 15.1 Å². The molecule has 0 unspecified atom stereocenters. The Hall–Kier alpha value is -4.50. The Balaban J connectivity index is 1.36. The lowest BCUT2D eigenvalue weighted by atomic mass is 9.89. The van der Waals surface area contributed by atoms with Crippen LogP contribution in [0.2, 0.25) is 0 Å². The number of hydrogen-bond acceptors (Lipinski definition) is 5. The Morgan fingerprint density at radius 2 is 1.81 bits per heavy atom. The molecule has 1 fully saturated rings. The fourth-order valence-corrected chi connectivity index (χ4v) is 5.54. The highest BCUT2D eigenvalue weighted by atomic mass is 32.1. The van der Waals surface area contributed by atoms with Crippen molar-refractivity contribution in [3.8, 4) is 26.9 Å². The van der Waals surface area contributed by atoms with Gasteiger partial charge in [0.1, 0.15) is 5.82 Å². The summed E-state index contributed by atoms with van der Waals surface area (Å²) in [6, 6.07) is 20.6. The Kier molecular flexibility index (Phi) is 5.08. The monoisotopic (exact) mass is 498 g/mol. The third-order valence-electron chi connectivity index (χ3n) is 6.36. The molecule has 0 saturated carbocycles.